The van der Waals surface area contributed by atoms with Crippen molar-refractivity contribution >= 4 is 23.7 Å². The van der Waals surface area contributed by atoms with E-state index in [4.69, 9.17) is 4.84 Å². The fourth-order valence-corrected chi connectivity index (χ4v) is 2.96. The lowest BCUT2D eigenvalue weighted by atomic mass is 10.0. The summed E-state index contributed by atoms with van der Waals surface area (Å²) in [7, 11) is 1.12. The molecule has 7 nitrogen and oxygen atoms in total. The molecule has 0 spiro atoms. The van der Waals surface area contributed by atoms with Crippen LogP contribution >= 0.6 is 0 Å². The largest absolute Gasteiger partial charge is 0.471 e. The number of amides is 3. The van der Waals surface area contributed by atoms with Gasteiger partial charge in [-0.15, -0.1) is 5.06 Å². The maximum absolute atomic E-state index is 12.5. The van der Waals surface area contributed by atoms with Crippen molar-refractivity contribution in [3.8, 4) is 0 Å². The lowest BCUT2D eigenvalue weighted by Gasteiger charge is -2.26. The Morgan fingerprint density at radius 3 is 2.17 bits per heavy atom. The van der Waals surface area contributed by atoms with E-state index in [2.05, 4.69) is 0 Å². The van der Waals surface area contributed by atoms with Crippen molar-refractivity contribution in [3.63, 3.8) is 0 Å². The van der Waals surface area contributed by atoms with Gasteiger partial charge in [0.05, 0.1) is 0 Å². The van der Waals surface area contributed by atoms with Gasteiger partial charge in [-0.05, 0) is 37.3 Å². The first kappa shape index (κ1) is 23.4. The lowest BCUT2D eigenvalue weighted by Crippen LogP contribution is -2.44. The number of nitrogens with zero attached hydrogens (tertiary/aromatic N) is 2. The van der Waals surface area contributed by atoms with Crippen LogP contribution in [0.2, 0.25) is 0 Å². The number of benzene rings is 1. The first-order chi connectivity index (χ1) is 14.0. The van der Waals surface area contributed by atoms with Crippen LogP contribution in [-0.4, -0.2) is 52.9 Å². The van der Waals surface area contributed by atoms with Gasteiger partial charge in [0.25, 0.3) is 11.8 Å². The van der Waals surface area contributed by atoms with Crippen molar-refractivity contribution in [3.05, 3.63) is 35.4 Å². The summed E-state index contributed by atoms with van der Waals surface area (Å²) in [6.45, 7) is 1.54. The van der Waals surface area contributed by atoms with Gasteiger partial charge in [0.2, 0.25) is 0 Å². The smallest absolute Gasteiger partial charge is 0.335 e. The zero-order valence-corrected chi connectivity index (χ0v) is 16.7. The van der Waals surface area contributed by atoms with E-state index in [9.17, 15) is 32.3 Å². The van der Waals surface area contributed by atoms with Gasteiger partial charge in [-0.3, -0.25) is 14.4 Å². The van der Waals surface area contributed by atoms with Crippen LogP contribution in [0.25, 0.3) is 0 Å². The molecule has 0 bridgehead atoms. The summed E-state index contributed by atoms with van der Waals surface area (Å²) >= 11 is 0. The van der Waals surface area contributed by atoms with Crippen LogP contribution in [-0.2, 0) is 36.9 Å². The summed E-state index contributed by atoms with van der Waals surface area (Å²) in [5.74, 6) is -3.60. The van der Waals surface area contributed by atoms with E-state index in [1.54, 1.807) is 31.2 Å². The number of imide groups is 1. The molecule has 0 radical (unpaired) electrons. The van der Waals surface area contributed by atoms with Crippen LogP contribution in [0.3, 0.4) is 0 Å². The van der Waals surface area contributed by atoms with Crippen LogP contribution in [0.5, 0.6) is 0 Å². The number of hydrogen-bond donors (Lipinski definition) is 0. The van der Waals surface area contributed by atoms with Crippen LogP contribution in [0, 0.1) is 0 Å². The Kier molecular flexibility index (Phi) is 7.58. The topological polar surface area (TPSA) is 84.0 Å². The molecular formula is C20H23F3N2O5. The SMILES string of the molecule is C[C@@H](Cc1ccc(CCCC(=O)ON2C(=O)CCC2=O)cc1)N(C)C(=O)C(F)(F)F. The Morgan fingerprint density at radius 1 is 1.10 bits per heavy atom. The van der Waals surface area contributed by atoms with Gasteiger partial charge < -0.3 is 9.74 Å². The third-order valence-electron chi connectivity index (χ3n) is 4.82. The summed E-state index contributed by atoms with van der Waals surface area (Å²) in [4.78, 5) is 51.3. The molecule has 0 aliphatic carbocycles. The predicted molar refractivity (Wildman–Crippen MR) is 98.6 cm³/mol. The molecule has 10 heteroatoms. The second-order valence-electron chi connectivity index (χ2n) is 7.18. The Balaban J connectivity index is 1.78. The van der Waals surface area contributed by atoms with Crippen molar-refractivity contribution in [1.29, 1.82) is 0 Å². The van der Waals surface area contributed by atoms with Gasteiger partial charge in [0.1, 0.15) is 0 Å². The number of aryl methyl sites for hydroxylation is 1. The highest BCUT2D eigenvalue weighted by Crippen LogP contribution is 2.20. The number of likely N-dealkylation sites (N-methyl/N-ethyl adjacent to an activating group) is 1. The molecule has 0 unspecified atom stereocenters. The molecule has 0 aromatic heterocycles. The Labute approximate surface area is 171 Å². The summed E-state index contributed by atoms with van der Waals surface area (Å²) in [5, 5.41) is 0.513. The molecule has 0 N–H and O–H groups in total. The Bertz CT molecular complexity index is 792. The van der Waals surface area contributed by atoms with Crippen LogP contribution in [0.15, 0.2) is 24.3 Å². The van der Waals surface area contributed by atoms with Crippen LogP contribution < -0.4 is 0 Å². The monoisotopic (exact) mass is 428 g/mol. The minimum absolute atomic E-state index is 0.0280. The molecule has 164 valence electrons. The fraction of sp³-hybridized carbons (Fsp3) is 0.500. The Morgan fingerprint density at radius 2 is 1.63 bits per heavy atom. The van der Waals surface area contributed by atoms with Crippen molar-refractivity contribution in [2.45, 2.75) is 57.7 Å². The first-order valence-electron chi connectivity index (χ1n) is 9.47. The average Bonchev–Trinajstić information content (AvgIpc) is 2.99. The normalized spacial score (nSPS) is 15.3. The second-order valence-corrected chi connectivity index (χ2v) is 7.18. The third-order valence-corrected chi connectivity index (χ3v) is 4.82. The van der Waals surface area contributed by atoms with Crippen molar-refractivity contribution in [2.75, 3.05) is 7.05 Å². The van der Waals surface area contributed by atoms with Gasteiger partial charge in [0.15, 0.2) is 0 Å². The second kappa shape index (κ2) is 9.73. The summed E-state index contributed by atoms with van der Waals surface area (Å²) in [6.07, 6.45) is -3.55. The highest BCUT2D eigenvalue weighted by molar-refractivity contribution is 6.01. The van der Waals surface area contributed by atoms with Crippen molar-refractivity contribution in [1.82, 2.24) is 9.96 Å². The number of carbonyl (C=O) groups excluding carboxylic acids is 4. The van der Waals surface area contributed by atoms with E-state index in [1.807, 2.05) is 0 Å². The van der Waals surface area contributed by atoms with Gasteiger partial charge in [0, 0.05) is 32.4 Å². The standard InChI is InChI=1S/C20H23F3N2O5/c1-13(24(2)19(29)20(21,22)23)12-15-8-6-14(7-9-15)4-3-5-18(28)30-25-16(26)10-11-17(25)27/h6-9,13H,3-5,10-12H2,1-2H3/t13-/m0/s1. The maximum Gasteiger partial charge on any atom is 0.471 e. The molecular weight excluding hydrogens is 405 g/mol. The number of rotatable bonds is 8. The number of halogens is 3. The van der Waals surface area contributed by atoms with Gasteiger partial charge in [-0.1, -0.05) is 24.3 Å². The van der Waals surface area contributed by atoms with Gasteiger partial charge in [-0.2, -0.15) is 13.2 Å². The summed E-state index contributed by atoms with van der Waals surface area (Å²) in [5.41, 5.74) is 1.69. The molecule has 1 aliphatic heterocycles. The number of alkyl halides is 3. The molecule has 1 aromatic rings. The van der Waals surface area contributed by atoms with E-state index < -0.39 is 35.9 Å². The van der Waals surface area contributed by atoms with E-state index in [-0.39, 0.29) is 25.7 Å². The van der Waals surface area contributed by atoms with Crippen molar-refractivity contribution in [2.24, 2.45) is 0 Å². The molecule has 1 saturated heterocycles. The van der Waals surface area contributed by atoms with E-state index >= 15 is 0 Å². The van der Waals surface area contributed by atoms with Crippen LogP contribution in [0.4, 0.5) is 13.2 Å². The molecule has 30 heavy (non-hydrogen) atoms. The van der Waals surface area contributed by atoms with E-state index in [0.29, 0.717) is 22.8 Å². The molecule has 2 rings (SSSR count). The number of hydroxylamine groups is 2. The predicted octanol–water partition coefficient (Wildman–Crippen LogP) is 2.57. The highest BCUT2D eigenvalue weighted by atomic mass is 19.4. The van der Waals surface area contributed by atoms with Crippen molar-refractivity contribution < 1.29 is 37.2 Å². The number of hydrogen-bond acceptors (Lipinski definition) is 5. The van der Waals surface area contributed by atoms with E-state index in [1.165, 1.54) is 0 Å². The summed E-state index contributed by atoms with van der Waals surface area (Å²) < 4.78 is 37.6. The molecule has 1 aliphatic rings. The lowest BCUT2D eigenvalue weighted by molar-refractivity contribution is -0.197. The average molecular weight is 428 g/mol. The molecule has 0 saturated carbocycles. The Hall–Kier alpha value is -2.91. The minimum Gasteiger partial charge on any atom is -0.335 e. The molecule has 3 amide bonds. The molecule has 1 fully saturated rings. The van der Waals surface area contributed by atoms with Gasteiger partial charge in [-0.25, -0.2) is 4.79 Å². The zero-order valence-electron chi connectivity index (χ0n) is 16.7. The van der Waals surface area contributed by atoms with Gasteiger partial charge >= 0.3 is 18.1 Å². The third kappa shape index (κ3) is 6.30. The van der Waals surface area contributed by atoms with Crippen LogP contribution in [0.1, 0.15) is 43.7 Å². The fourth-order valence-electron chi connectivity index (χ4n) is 2.96. The highest BCUT2D eigenvalue weighted by Gasteiger charge is 2.42. The number of carbonyl (C=O) groups is 4. The van der Waals surface area contributed by atoms with E-state index in [0.717, 1.165) is 18.2 Å². The molecule has 1 aromatic carbocycles. The quantitative estimate of drug-likeness (QED) is 0.595. The first-order valence-corrected chi connectivity index (χ1v) is 9.47. The molecule has 1 heterocycles. The maximum atomic E-state index is 12.5. The molecule has 1 atom stereocenters. The zero-order chi connectivity index (χ0) is 22.5. The summed E-state index contributed by atoms with van der Waals surface area (Å²) in [6, 6.07) is 6.49. The minimum atomic E-state index is -4.90.